The van der Waals surface area contributed by atoms with Gasteiger partial charge in [0.1, 0.15) is 0 Å². The summed E-state index contributed by atoms with van der Waals surface area (Å²) in [5, 5.41) is 0. The molecule has 1 rings (SSSR count). The predicted octanol–water partition coefficient (Wildman–Crippen LogP) is 4.99. The molecular formula is C15H30. The Labute approximate surface area is 96.8 Å². The first-order valence-corrected chi connectivity index (χ1v) is 6.79. The Hall–Kier alpha value is 0. The molecule has 0 spiro atoms. The summed E-state index contributed by atoms with van der Waals surface area (Å²) in [5.74, 6) is 4.52. The van der Waals surface area contributed by atoms with Crippen LogP contribution >= 0.6 is 0 Å². The third kappa shape index (κ3) is 2.77. The van der Waals surface area contributed by atoms with Crippen LogP contribution < -0.4 is 0 Å². The minimum absolute atomic E-state index is 0.657. The topological polar surface area (TPSA) is 0 Å². The van der Waals surface area contributed by atoms with Gasteiger partial charge in [0.05, 0.1) is 0 Å². The van der Waals surface area contributed by atoms with Crippen molar-refractivity contribution in [2.24, 2.45) is 35.0 Å². The summed E-state index contributed by atoms with van der Waals surface area (Å²) in [4.78, 5) is 0. The molecule has 0 heterocycles. The quantitative estimate of drug-likeness (QED) is 0.600. The van der Waals surface area contributed by atoms with Crippen molar-refractivity contribution < 1.29 is 0 Å². The van der Waals surface area contributed by atoms with E-state index >= 15 is 0 Å². The fourth-order valence-electron chi connectivity index (χ4n) is 3.22. The standard InChI is InChI=1S/C15H30/c1-10(2)8-12(5)13(6)14-9-15(14,7)11(3)4/h10-14H,8-9H2,1-7H3. The Morgan fingerprint density at radius 2 is 1.60 bits per heavy atom. The lowest BCUT2D eigenvalue weighted by molar-refractivity contribution is 0.238. The molecule has 0 aromatic heterocycles. The van der Waals surface area contributed by atoms with E-state index in [0.717, 1.165) is 29.6 Å². The molecule has 0 saturated heterocycles. The summed E-state index contributed by atoms with van der Waals surface area (Å²) in [7, 11) is 0. The van der Waals surface area contributed by atoms with E-state index in [4.69, 9.17) is 0 Å². The van der Waals surface area contributed by atoms with E-state index < -0.39 is 0 Å². The lowest BCUT2D eigenvalue weighted by Crippen LogP contribution is -2.18. The predicted molar refractivity (Wildman–Crippen MR) is 68.8 cm³/mol. The zero-order chi connectivity index (χ0) is 11.8. The van der Waals surface area contributed by atoms with E-state index in [1.54, 1.807) is 0 Å². The molecule has 0 aromatic carbocycles. The van der Waals surface area contributed by atoms with E-state index in [1.807, 2.05) is 0 Å². The van der Waals surface area contributed by atoms with Crippen LogP contribution in [0.25, 0.3) is 0 Å². The molecule has 90 valence electrons. The molecule has 0 nitrogen and oxygen atoms in total. The maximum Gasteiger partial charge on any atom is -0.0269 e. The third-order valence-corrected chi connectivity index (χ3v) is 5.04. The summed E-state index contributed by atoms with van der Waals surface area (Å²) < 4.78 is 0. The summed E-state index contributed by atoms with van der Waals surface area (Å²) >= 11 is 0. The smallest absolute Gasteiger partial charge is 0.0269 e. The summed E-state index contributed by atoms with van der Waals surface area (Å²) in [6.45, 7) is 16.9. The van der Waals surface area contributed by atoms with Crippen LogP contribution in [0, 0.1) is 35.0 Å². The summed E-state index contributed by atoms with van der Waals surface area (Å²) in [6, 6.07) is 0. The zero-order valence-corrected chi connectivity index (χ0v) is 11.8. The lowest BCUT2D eigenvalue weighted by Gasteiger charge is -2.25. The van der Waals surface area contributed by atoms with Crippen molar-refractivity contribution >= 4 is 0 Å². The van der Waals surface area contributed by atoms with E-state index in [2.05, 4.69) is 48.5 Å². The molecule has 0 bridgehead atoms. The SMILES string of the molecule is CC(C)CC(C)C(C)C1CC1(C)C(C)C. The highest BCUT2D eigenvalue weighted by Crippen LogP contribution is 2.62. The number of hydrogen-bond acceptors (Lipinski definition) is 0. The van der Waals surface area contributed by atoms with Gasteiger partial charge in [0.25, 0.3) is 0 Å². The van der Waals surface area contributed by atoms with Crippen molar-refractivity contribution in [3.8, 4) is 0 Å². The molecule has 1 fully saturated rings. The molecule has 0 N–H and O–H groups in total. The minimum atomic E-state index is 0.657. The van der Waals surface area contributed by atoms with Crippen molar-refractivity contribution in [1.82, 2.24) is 0 Å². The van der Waals surface area contributed by atoms with E-state index in [9.17, 15) is 0 Å². The average molecular weight is 210 g/mol. The van der Waals surface area contributed by atoms with Gasteiger partial charge in [0.15, 0.2) is 0 Å². The van der Waals surface area contributed by atoms with E-state index in [-0.39, 0.29) is 0 Å². The summed E-state index contributed by atoms with van der Waals surface area (Å²) in [6.07, 6.45) is 2.86. The zero-order valence-electron chi connectivity index (χ0n) is 11.8. The molecule has 0 radical (unpaired) electrons. The Balaban J connectivity index is 2.47. The van der Waals surface area contributed by atoms with Crippen molar-refractivity contribution in [3.63, 3.8) is 0 Å². The molecular weight excluding hydrogens is 180 g/mol. The molecule has 4 unspecified atom stereocenters. The van der Waals surface area contributed by atoms with Gasteiger partial charge in [0, 0.05) is 0 Å². The van der Waals surface area contributed by atoms with Crippen molar-refractivity contribution in [2.75, 3.05) is 0 Å². The molecule has 1 saturated carbocycles. The van der Waals surface area contributed by atoms with Crippen LogP contribution in [0.3, 0.4) is 0 Å². The highest BCUT2D eigenvalue weighted by molar-refractivity contribution is 5.03. The summed E-state index contributed by atoms with van der Waals surface area (Å²) in [5.41, 5.74) is 0.657. The molecule has 0 amide bonds. The van der Waals surface area contributed by atoms with Crippen molar-refractivity contribution in [2.45, 2.75) is 61.3 Å². The highest BCUT2D eigenvalue weighted by atomic mass is 14.6. The van der Waals surface area contributed by atoms with Gasteiger partial charge in [-0.15, -0.1) is 0 Å². The number of rotatable bonds is 5. The molecule has 0 heteroatoms. The van der Waals surface area contributed by atoms with Gasteiger partial charge in [-0.25, -0.2) is 0 Å². The van der Waals surface area contributed by atoms with Gasteiger partial charge in [-0.3, -0.25) is 0 Å². The van der Waals surface area contributed by atoms with Crippen LogP contribution in [0.1, 0.15) is 61.3 Å². The van der Waals surface area contributed by atoms with E-state index in [1.165, 1.54) is 12.8 Å². The normalized spacial score (nSPS) is 34.6. The van der Waals surface area contributed by atoms with Gasteiger partial charge >= 0.3 is 0 Å². The first-order chi connectivity index (χ1) is 6.79. The molecule has 1 aliphatic carbocycles. The van der Waals surface area contributed by atoms with Gasteiger partial charge in [-0.05, 0) is 47.8 Å². The van der Waals surface area contributed by atoms with E-state index in [0.29, 0.717) is 5.41 Å². The average Bonchev–Trinajstić information content (AvgIpc) is 2.77. The second-order valence-corrected chi connectivity index (χ2v) is 6.94. The lowest BCUT2D eigenvalue weighted by atomic mass is 9.80. The largest absolute Gasteiger partial charge is 0.0628 e. The first-order valence-electron chi connectivity index (χ1n) is 6.79. The van der Waals surface area contributed by atoms with Crippen LogP contribution in [0.4, 0.5) is 0 Å². The maximum atomic E-state index is 2.49. The minimum Gasteiger partial charge on any atom is -0.0628 e. The fraction of sp³-hybridized carbons (Fsp3) is 1.00. The van der Waals surface area contributed by atoms with Gasteiger partial charge in [-0.2, -0.15) is 0 Å². The van der Waals surface area contributed by atoms with Gasteiger partial charge in [-0.1, -0.05) is 48.5 Å². The van der Waals surface area contributed by atoms with Crippen molar-refractivity contribution in [1.29, 1.82) is 0 Å². The number of hydrogen-bond donors (Lipinski definition) is 0. The maximum absolute atomic E-state index is 2.49. The molecule has 0 aromatic rings. The Bertz CT molecular complexity index is 204. The monoisotopic (exact) mass is 210 g/mol. The molecule has 1 aliphatic rings. The van der Waals surface area contributed by atoms with Gasteiger partial charge < -0.3 is 0 Å². The van der Waals surface area contributed by atoms with Crippen LogP contribution in [0.5, 0.6) is 0 Å². The van der Waals surface area contributed by atoms with Crippen LogP contribution in [-0.2, 0) is 0 Å². The molecule has 15 heavy (non-hydrogen) atoms. The Kier molecular flexibility index (Phi) is 3.90. The van der Waals surface area contributed by atoms with Crippen LogP contribution in [0.2, 0.25) is 0 Å². The van der Waals surface area contributed by atoms with Crippen LogP contribution in [0.15, 0.2) is 0 Å². The first kappa shape index (κ1) is 13.1. The fourth-order valence-corrected chi connectivity index (χ4v) is 3.22. The Morgan fingerprint density at radius 1 is 1.07 bits per heavy atom. The molecule has 4 atom stereocenters. The highest BCUT2D eigenvalue weighted by Gasteiger charge is 2.54. The second kappa shape index (κ2) is 4.47. The second-order valence-electron chi connectivity index (χ2n) is 6.94. The van der Waals surface area contributed by atoms with Gasteiger partial charge in [0.2, 0.25) is 0 Å². The molecule has 0 aliphatic heterocycles. The van der Waals surface area contributed by atoms with Crippen LogP contribution in [-0.4, -0.2) is 0 Å². The Morgan fingerprint density at radius 3 is 1.93 bits per heavy atom. The van der Waals surface area contributed by atoms with Crippen molar-refractivity contribution in [3.05, 3.63) is 0 Å². The third-order valence-electron chi connectivity index (χ3n) is 5.04.